The monoisotopic (exact) mass is 1570 g/mol. The Balaban J connectivity index is 0.000000110. The summed E-state index contributed by atoms with van der Waals surface area (Å²) in [6.45, 7) is 0. The molecule has 0 aliphatic carbocycles. The number of fused-ring (bicyclic) bond motifs is 6. The van der Waals surface area contributed by atoms with Gasteiger partial charge >= 0.3 is 0 Å². The zero-order valence-corrected chi connectivity index (χ0v) is 66.4. The van der Waals surface area contributed by atoms with Crippen LogP contribution in [0.2, 0.25) is 0 Å². The topological polar surface area (TPSA) is 126 Å². The molecule has 123 heavy (non-hydrogen) atoms. The minimum absolute atomic E-state index is 0.815. The van der Waals surface area contributed by atoms with Crippen LogP contribution in [0.25, 0.3) is 166 Å². The number of pyridine rings is 3. The molecule has 3 aliphatic heterocycles. The highest BCUT2D eigenvalue weighted by Gasteiger charge is 2.34. The van der Waals surface area contributed by atoms with Crippen LogP contribution in [0.1, 0.15) is 0 Å². The largest absolute Gasteiger partial charge is 0.291 e. The lowest BCUT2D eigenvalue weighted by molar-refractivity contribution is 1.09. The number of hydrogen-bond donors (Lipinski definition) is 0. The molecule has 21 aromatic rings. The first-order valence-corrected chi connectivity index (χ1v) is 41.1. The fourth-order valence-electron chi connectivity index (χ4n) is 17.4. The summed E-state index contributed by atoms with van der Waals surface area (Å²) in [4.78, 5) is 50.6. The van der Waals surface area contributed by atoms with Crippen LogP contribution in [0, 0.1) is 0 Å². The molecule has 0 N–H and O–H groups in total. The van der Waals surface area contributed by atoms with E-state index in [1.165, 1.54) is 33.0 Å². The van der Waals surface area contributed by atoms with Gasteiger partial charge in [-0.3, -0.25) is 14.7 Å². The number of hydrogen-bond acceptors (Lipinski definition) is 12. The highest BCUT2D eigenvalue weighted by Crippen LogP contribution is 2.55. The number of aromatic nitrogens is 9. The van der Waals surface area contributed by atoms with E-state index in [1.54, 1.807) is 19.0 Å². The molecule has 0 spiro atoms. The van der Waals surface area contributed by atoms with Gasteiger partial charge in [-0.1, -0.05) is 315 Å². The second-order valence-corrected chi connectivity index (χ2v) is 30.5. The Morgan fingerprint density at radius 2 is 0.528 bits per heavy atom. The minimum Gasteiger partial charge on any atom is -0.291 e. The molecule has 12 heteroatoms. The summed E-state index contributed by atoms with van der Waals surface area (Å²) < 4.78 is 0. The van der Waals surface area contributed by atoms with E-state index in [-0.39, 0.29) is 0 Å². The lowest BCUT2D eigenvalue weighted by Crippen LogP contribution is -2.18. The van der Waals surface area contributed by atoms with Crippen LogP contribution in [-0.4, -0.2) is 44.9 Å². The van der Waals surface area contributed by atoms with Crippen LogP contribution in [0.5, 0.6) is 0 Å². The summed E-state index contributed by atoms with van der Waals surface area (Å²) in [6.07, 6.45) is 8.75. The first-order valence-electron chi connectivity index (χ1n) is 41.1. The van der Waals surface area contributed by atoms with Crippen LogP contribution < -0.4 is 14.7 Å². The number of nitrogens with zero attached hydrogens (tertiary/aromatic N) is 12. The Labute approximate surface area is 711 Å². The second kappa shape index (κ2) is 31.6. The van der Waals surface area contributed by atoms with Gasteiger partial charge in [0.1, 0.15) is 42.3 Å². The molecule has 0 unspecified atom stereocenters. The van der Waals surface area contributed by atoms with Crippen molar-refractivity contribution in [3.63, 3.8) is 0 Å². The zero-order chi connectivity index (χ0) is 81.5. The predicted molar refractivity (Wildman–Crippen MR) is 502 cm³/mol. The van der Waals surface area contributed by atoms with E-state index in [4.69, 9.17) is 34.9 Å². The van der Waals surface area contributed by atoms with E-state index in [9.17, 15) is 0 Å². The van der Waals surface area contributed by atoms with Gasteiger partial charge in [0.05, 0.1) is 62.6 Å². The molecule has 0 fully saturated rings. The fraction of sp³-hybridized carbons (Fsp3) is 0. The molecule has 0 atom stereocenters. The minimum atomic E-state index is 0.815. The number of anilines is 9. The van der Waals surface area contributed by atoms with Crippen molar-refractivity contribution in [3.8, 4) is 134 Å². The SMILES string of the molecule is c1ccc(-c2cc(-c3ccccc3)nc(N3c4ccccc4-c4cc(-c5ccccc5)cc5ncnc3c45)c2)cc1.c1ccc(-c2cc(-c3ccccc3)nc(N3c4cncnc4-c4cc(-c5ccccc5)cc5cccc3c45)c2)cc1.c1ccc(-c2cc(-c3ccccc3)nc(N3c4ncncc4-c4cc(-c5ccccc5)cc5cccc3c45)c2)cc1. The summed E-state index contributed by atoms with van der Waals surface area (Å²) >= 11 is 0. The third kappa shape index (κ3) is 13.7. The highest BCUT2D eigenvalue weighted by atomic mass is 15.3. The van der Waals surface area contributed by atoms with E-state index in [0.717, 1.165) is 185 Å². The van der Waals surface area contributed by atoms with Crippen molar-refractivity contribution >= 4 is 84.3 Å². The zero-order valence-electron chi connectivity index (χ0n) is 66.4. The molecule has 24 rings (SSSR count). The van der Waals surface area contributed by atoms with Crippen molar-refractivity contribution in [3.05, 3.63) is 438 Å². The van der Waals surface area contributed by atoms with E-state index >= 15 is 0 Å². The van der Waals surface area contributed by atoms with Crippen LogP contribution >= 0.6 is 0 Å². The van der Waals surface area contributed by atoms with Crippen LogP contribution in [0.3, 0.4) is 0 Å². The summed E-state index contributed by atoms with van der Waals surface area (Å²) in [6, 6.07) is 142. The molecule has 9 heterocycles. The molecular formula is C111H72N12. The smallest absolute Gasteiger partial charge is 0.150 e. The van der Waals surface area contributed by atoms with E-state index in [2.05, 4.69) is 377 Å². The number of benzene rings is 15. The van der Waals surface area contributed by atoms with Crippen molar-refractivity contribution in [2.75, 3.05) is 14.7 Å². The lowest BCUT2D eigenvalue weighted by Gasteiger charge is -2.32. The Morgan fingerprint density at radius 1 is 0.187 bits per heavy atom. The van der Waals surface area contributed by atoms with E-state index in [1.807, 2.05) is 67.0 Å². The van der Waals surface area contributed by atoms with Crippen LogP contribution in [-0.2, 0) is 0 Å². The van der Waals surface area contributed by atoms with Crippen molar-refractivity contribution in [2.24, 2.45) is 0 Å². The molecule has 6 aromatic heterocycles. The molecule has 0 amide bonds. The molecule has 0 saturated heterocycles. The van der Waals surface area contributed by atoms with Gasteiger partial charge < -0.3 is 0 Å². The van der Waals surface area contributed by atoms with Gasteiger partial charge in [0.15, 0.2) is 5.82 Å². The molecule has 12 nitrogen and oxygen atoms in total. The molecule has 15 aromatic carbocycles. The summed E-state index contributed by atoms with van der Waals surface area (Å²) in [7, 11) is 0. The maximum Gasteiger partial charge on any atom is 0.150 e. The molecule has 576 valence electrons. The highest BCUT2D eigenvalue weighted by molar-refractivity contribution is 6.17. The van der Waals surface area contributed by atoms with E-state index < -0.39 is 0 Å². The standard InChI is InChI=1S/3C37H24N4/c1-4-12-25(13-5-1)28-20-31-30-18-10-11-19-34(30)41(37-36(31)33(22-28)38-24-39-37)35-23-29(26-14-6-2-7-15-26)21-32(40-35)27-16-8-3-9-17-27;1-4-11-25(12-5-1)29-19-28-17-10-18-34-36(28)31(20-29)32-23-38-24-39-37(32)41(34)35-22-30(26-13-6-2-7-14-26)21-33(40-35)27-15-8-3-9-16-27;1-4-11-25(12-5-1)29-19-28-17-10-18-33-36(28)31(20-29)37-34(23-38-24-39-37)41(33)35-22-30(26-13-6-2-7-14-26)21-32(40-35)27-15-8-3-9-16-27/h3*1-24H. The van der Waals surface area contributed by atoms with Gasteiger partial charge in [0, 0.05) is 50.4 Å². The fourth-order valence-corrected chi connectivity index (χ4v) is 17.4. The third-order valence-corrected chi connectivity index (χ3v) is 23.1. The van der Waals surface area contributed by atoms with Crippen LogP contribution in [0.4, 0.5) is 51.8 Å². The van der Waals surface area contributed by atoms with Crippen LogP contribution in [0.15, 0.2) is 438 Å². The summed E-state index contributed by atoms with van der Waals surface area (Å²) in [5.74, 6) is 4.11. The molecule has 0 saturated carbocycles. The van der Waals surface area contributed by atoms with Crippen molar-refractivity contribution in [1.29, 1.82) is 0 Å². The van der Waals surface area contributed by atoms with Gasteiger partial charge in [0.2, 0.25) is 0 Å². The Bertz CT molecular complexity index is 6660. The van der Waals surface area contributed by atoms with E-state index in [0.29, 0.717) is 0 Å². The van der Waals surface area contributed by atoms with Gasteiger partial charge in [-0.05, 0) is 180 Å². The third-order valence-electron chi connectivity index (χ3n) is 23.1. The average Bonchev–Trinajstić information content (AvgIpc) is 0.730. The van der Waals surface area contributed by atoms with Crippen molar-refractivity contribution < 1.29 is 0 Å². The average molecular weight is 1570 g/mol. The van der Waals surface area contributed by atoms with Gasteiger partial charge in [-0.25, -0.2) is 44.9 Å². The summed E-state index contributed by atoms with van der Waals surface area (Å²) in [5.41, 5.74) is 31.0. The molecule has 3 aliphatic rings. The first kappa shape index (κ1) is 72.6. The molecule has 0 bridgehead atoms. The Kier molecular flexibility index (Phi) is 18.6. The Hall–Kier alpha value is -16.8. The van der Waals surface area contributed by atoms with Gasteiger partial charge in [-0.15, -0.1) is 0 Å². The molecule has 0 radical (unpaired) electrons. The van der Waals surface area contributed by atoms with Crippen molar-refractivity contribution in [2.45, 2.75) is 0 Å². The Morgan fingerprint density at radius 3 is 0.992 bits per heavy atom. The summed E-state index contributed by atoms with van der Waals surface area (Å²) in [5, 5.41) is 5.68. The number of para-hydroxylation sites is 1. The maximum absolute atomic E-state index is 5.25. The number of rotatable bonds is 12. The first-order chi connectivity index (χ1) is 61.0. The van der Waals surface area contributed by atoms with Gasteiger partial charge in [-0.2, -0.15) is 0 Å². The second-order valence-electron chi connectivity index (χ2n) is 30.5. The normalized spacial score (nSPS) is 11.9. The predicted octanol–water partition coefficient (Wildman–Crippen LogP) is 28.4. The quantitative estimate of drug-likeness (QED) is 0.116. The molecular weight excluding hydrogens is 1500 g/mol. The maximum atomic E-state index is 5.25. The van der Waals surface area contributed by atoms with Crippen molar-refractivity contribution in [1.82, 2.24) is 44.9 Å². The lowest BCUT2D eigenvalue weighted by atomic mass is 9.90. The van der Waals surface area contributed by atoms with Gasteiger partial charge in [0.25, 0.3) is 0 Å².